The van der Waals surface area contributed by atoms with Crippen molar-refractivity contribution in [3.8, 4) is 0 Å². The molecular formula is C17H26N2O2. The number of anilines is 1. The first-order valence-electron chi connectivity index (χ1n) is 7.20. The molecule has 0 atom stereocenters. The van der Waals surface area contributed by atoms with E-state index in [9.17, 15) is 9.59 Å². The van der Waals surface area contributed by atoms with E-state index in [0.717, 1.165) is 16.8 Å². The summed E-state index contributed by atoms with van der Waals surface area (Å²) >= 11 is 0. The SMILES string of the molecule is Cc1cccc(C)c1NC(=O)CN(C)C(=O)CC(C)(C)C. The Balaban J connectivity index is 2.64. The molecule has 0 radical (unpaired) electrons. The van der Waals surface area contributed by atoms with Crippen molar-refractivity contribution in [1.29, 1.82) is 0 Å². The summed E-state index contributed by atoms with van der Waals surface area (Å²) in [5, 5.41) is 2.89. The molecule has 4 nitrogen and oxygen atoms in total. The summed E-state index contributed by atoms with van der Waals surface area (Å²) in [4.78, 5) is 25.6. The number of hydrogen-bond donors (Lipinski definition) is 1. The van der Waals surface area contributed by atoms with Gasteiger partial charge in [-0.3, -0.25) is 9.59 Å². The number of benzene rings is 1. The van der Waals surface area contributed by atoms with Crippen LogP contribution < -0.4 is 5.32 Å². The Kier molecular flexibility index (Phi) is 5.53. The lowest BCUT2D eigenvalue weighted by atomic mass is 9.92. The Morgan fingerprint density at radius 1 is 1.14 bits per heavy atom. The van der Waals surface area contributed by atoms with E-state index < -0.39 is 0 Å². The van der Waals surface area contributed by atoms with Crippen molar-refractivity contribution in [2.45, 2.75) is 41.0 Å². The highest BCUT2D eigenvalue weighted by atomic mass is 16.2. The summed E-state index contributed by atoms with van der Waals surface area (Å²) < 4.78 is 0. The molecule has 2 amide bonds. The fourth-order valence-electron chi connectivity index (χ4n) is 2.08. The van der Waals surface area contributed by atoms with Crippen molar-refractivity contribution in [3.05, 3.63) is 29.3 Å². The van der Waals surface area contributed by atoms with Crippen LogP contribution in [0.1, 0.15) is 38.3 Å². The van der Waals surface area contributed by atoms with Gasteiger partial charge in [0, 0.05) is 19.2 Å². The lowest BCUT2D eigenvalue weighted by molar-refractivity contribution is -0.134. The van der Waals surface area contributed by atoms with Gasteiger partial charge in [0.1, 0.15) is 0 Å². The Morgan fingerprint density at radius 2 is 1.67 bits per heavy atom. The summed E-state index contributed by atoms with van der Waals surface area (Å²) in [6.45, 7) is 10.0. The van der Waals surface area contributed by atoms with Crippen molar-refractivity contribution in [2.24, 2.45) is 5.41 Å². The number of carbonyl (C=O) groups excluding carboxylic acids is 2. The zero-order valence-corrected chi connectivity index (χ0v) is 13.9. The maximum atomic E-state index is 12.1. The van der Waals surface area contributed by atoms with Crippen molar-refractivity contribution in [1.82, 2.24) is 4.90 Å². The third-order valence-electron chi connectivity index (χ3n) is 3.23. The van der Waals surface area contributed by atoms with E-state index in [2.05, 4.69) is 5.32 Å². The minimum atomic E-state index is -0.169. The summed E-state index contributed by atoms with van der Waals surface area (Å²) in [5.74, 6) is -0.184. The van der Waals surface area contributed by atoms with Gasteiger partial charge < -0.3 is 10.2 Å². The minimum Gasteiger partial charge on any atom is -0.336 e. The van der Waals surface area contributed by atoms with Gasteiger partial charge in [-0.05, 0) is 30.4 Å². The van der Waals surface area contributed by atoms with Crippen LogP contribution in [-0.2, 0) is 9.59 Å². The molecule has 0 unspecified atom stereocenters. The first-order valence-corrected chi connectivity index (χ1v) is 7.20. The highest BCUT2D eigenvalue weighted by Gasteiger charge is 2.20. The van der Waals surface area contributed by atoms with Crippen LogP contribution in [0.2, 0.25) is 0 Å². The van der Waals surface area contributed by atoms with Gasteiger partial charge in [0.25, 0.3) is 0 Å². The Hall–Kier alpha value is -1.84. The average molecular weight is 290 g/mol. The lowest BCUT2D eigenvalue weighted by Gasteiger charge is -2.23. The standard InChI is InChI=1S/C17H26N2O2/c1-12-8-7-9-13(2)16(12)18-14(20)11-19(6)15(21)10-17(3,4)5/h7-9H,10-11H2,1-6H3,(H,18,20). The summed E-state index contributed by atoms with van der Waals surface area (Å²) in [7, 11) is 1.67. The quantitative estimate of drug-likeness (QED) is 0.926. The van der Waals surface area contributed by atoms with Crippen LogP contribution in [0.15, 0.2) is 18.2 Å². The van der Waals surface area contributed by atoms with Gasteiger partial charge in [0.05, 0.1) is 6.54 Å². The number of amides is 2. The maximum absolute atomic E-state index is 12.1. The molecule has 21 heavy (non-hydrogen) atoms. The van der Waals surface area contributed by atoms with Crippen molar-refractivity contribution in [2.75, 3.05) is 18.9 Å². The second kappa shape index (κ2) is 6.74. The Labute approximate surface area is 127 Å². The normalized spacial score (nSPS) is 11.1. The molecule has 0 aliphatic rings. The number of nitrogens with zero attached hydrogens (tertiary/aromatic N) is 1. The van der Waals surface area contributed by atoms with Crippen molar-refractivity contribution >= 4 is 17.5 Å². The number of rotatable bonds is 4. The van der Waals surface area contributed by atoms with Crippen LogP contribution in [-0.4, -0.2) is 30.3 Å². The van der Waals surface area contributed by atoms with Crippen LogP contribution in [0.25, 0.3) is 0 Å². The largest absolute Gasteiger partial charge is 0.336 e. The predicted octanol–water partition coefficient (Wildman–Crippen LogP) is 3.14. The first-order chi connectivity index (χ1) is 9.60. The molecule has 0 heterocycles. The number of likely N-dealkylation sites (N-methyl/N-ethyl adjacent to an activating group) is 1. The van der Waals surface area contributed by atoms with E-state index in [0.29, 0.717) is 6.42 Å². The van der Waals surface area contributed by atoms with E-state index in [4.69, 9.17) is 0 Å². The zero-order chi connectivity index (χ0) is 16.2. The molecule has 0 bridgehead atoms. The van der Waals surface area contributed by atoms with Gasteiger partial charge in [0.15, 0.2) is 0 Å². The van der Waals surface area contributed by atoms with Gasteiger partial charge in [-0.2, -0.15) is 0 Å². The summed E-state index contributed by atoms with van der Waals surface area (Å²) in [6, 6.07) is 5.87. The highest BCUT2D eigenvalue weighted by molar-refractivity contribution is 5.95. The van der Waals surface area contributed by atoms with Crippen LogP contribution in [0.5, 0.6) is 0 Å². The topological polar surface area (TPSA) is 49.4 Å². The molecule has 1 aromatic rings. The van der Waals surface area contributed by atoms with Gasteiger partial charge >= 0.3 is 0 Å². The third kappa shape index (κ3) is 5.58. The number of hydrogen-bond acceptors (Lipinski definition) is 2. The summed E-state index contributed by atoms with van der Waals surface area (Å²) in [5.41, 5.74) is 2.80. The molecule has 1 aromatic carbocycles. The smallest absolute Gasteiger partial charge is 0.243 e. The number of para-hydroxylation sites is 1. The molecule has 0 saturated heterocycles. The van der Waals surface area contributed by atoms with Crippen LogP contribution in [0, 0.1) is 19.3 Å². The fourth-order valence-corrected chi connectivity index (χ4v) is 2.08. The molecule has 1 rings (SSSR count). The highest BCUT2D eigenvalue weighted by Crippen LogP contribution is 2.20. The second-order valence-corrected chi connectivity index (χ2v) is 6.80. The van der Waals surface area contributed by atoms with Crippen molar-refractivity contribution < 1.29 is 9.59 Å². The molecule has 4 heteroatoms. The van der Waals surface area contributed by atoms with Gasteiger partial charge in [-0.15, -0.1) is 0 Å². The van der Waals surface area contributed by atoms with E-state index in [1.807, 2.05) is 52.8 Å². The van der Waals surface area contributed by atoms with Crippen LogP contribution in [0.4, 0.5) is 5.69 Å². The van der Waals surface area contributed by atoms with Gasteiger partial charge in [-0.25, -0.2) is 0 Å². The Bertz CT molecular complexity index is 510. The third-order valence-corrected chi connectivity index (χ3v) is 3.23. The van der Waals surface area contributed by atoms with Crippen LogP contribution >= 0.6 is 0 Å². The molecule has 0 aliphatic heterocycles. The van der Waals surface area contributed by atoms with E-state index >= 15 is 0 Å². The molecule has 116 valence electrons. The molecule has 0 aliphatic carbocycles. The maximum Gasteiger partial charge on any atom is 0.243 e. The minimum absolute atomic E-state index is 0.0147. The van der Waals surface area contributed by atoms with E-state index in [1.54, 1.807) is 7.05 Å². The summed E-state index contributed by atoms with van der Waals surface area (Å²) in [6.07, 6.45) is 0.431. The predicted molar refractivity (Wildman–Crippen MR) is 86.3 cm³/mol. The molecular weight excluding hydrogens is 264 g/mol. The molecule has 0 saturated carbocycles. The van der Waals surface area contributed by atoms with E-state index in [-0.39, 0.29) is 23.8 Å². The number of carbonyl (C=O) groups is 2. The average Bonchev–Trinajstić information content (AvgIpc) is 2.31. The Morgan fingerprint density at radius 3 is 2.14 bits per heavy atom. The molecule has 0 aromatic heterocycles. The lowest BCUT2D eigenvalue weighted by Crippen LogP contribution is -2.36. The second-order valence-electron chi connectivity index (χ2n) is 6.80. The van der Waals surface area contributed by atoms with E-state index in [1.165, 1.54) is 4.90 Å². The molecule has 0 spiro atoms. The first kappa shape index (κ1) is 17.2. The van der Waals surface area contributed by atoms with Gasteiger partial charge in [-0.1, -0.05) is 39.0 Å². The molecule has 1 N–H and O–H groups in total. The van der Waals surface area contributed by atoms with Crippen LogP contribution in [0.3, 0.4) is 0 Å². The number of nitrogens with one attached hydrogen (secondary N) is 1. The van der Waals surface area contributed by atoms with Crippen molar-refractivity contribution in [3.63, 3.8) is 0 Å². The molecule has 0 fully saturated rings. The number of aryl methyl sites for hydroxylation is 2. The fraction of sp³-hybridized carbons (Fsp3) is 0.529. The van der Waals surface area contributed by atoms with Gasteiger partial charge in [0.2, 0.25) is 11.8 Å². The zero-order valence-electron chi connectivity index (χ0n) is 13.9. The monoisotopic (exact) mass is 290 g/mol.